The van der Waals surface area contributed by atoms with Crippen molar-refractivity contribution >= 4 is 5.91 Å². The lowest BCUT2D eigenvalue weighted by atomic mass is 9.79. The van der Waals surface area contributed by atoms with Gasteiger partial charge < -0.3 is 15.5 Å². The number of carbonyl (C=O) groups excluding carboxylic acids is 1. The molecule has 0 spiro atoms. The second-order valence-corrected chi connectivity index (χ2v) is 12.3. The summed E-state index contributed by atoms with van der Waals surface area (Å²) >= 11 is 0. The van der Waals surface area contributed by atoms with Gasteiger partial charge in [0.15, 0.2) is 13.2 Å². The van der Waals surface area contributed by atoms with Gasteiger partial charge in [0.1, 0.15) is 6.04 Å². The zero-order valence-electron chi connectivity index (χ0n) is 18.4. The van der Waals surface area contributed by atoms with Gasteiger partial charge in [0.25, 0.3) is 5.91 Å². The van der Waals surface area contributed by atoms with Crippen LogP contribution >= 0.6 is 0 Å². The summed E-state index contributed by atoms with van der Waals surface area (Å²) in [5.74, 6) is 0.378. The van der Waals surface area contributed by atoms with E-state index in [2.05, 4.69) is 70.9 Å². The Labute approximate surface area is 160 Å². The van der Waals surface area contributed by atoms with E-state index in [0.29, 0.717) is 24.5 Å². The molecule has 0 radical (unpaired) electrons. The first-order chi connectivity index (χ1) is 11.7. The van der Waals surface area contributed by atoms with Crippen molar-refractivity contribution in [2.45, 2.75) is 115 Å². The van der Waals surface area contributed by atoms with Gasteiger partial charge in [-0.25, -0.2) is 0 Å². The normalized spacial score (nSPS) is 34.2. The maximum atomic E-state index is 13.0. The largest absolute Gasteiger partial charge is 0.337 e. The molecule has 1 atom stereocenters. The van der Waals surface area contributed by atoms with E-state index in [9.17, 15) is 4.79 Å². The SMILES string of the molecule is CC1(C)CC(N2C[NH+](C3CC(C)(C)[NH2+]C(C)(C)C3)CC2=O)CC(C)(C)[NH2+]1. The molecule has 26 heavy (non-hydrogen) atoms. The number of hydrogen-bond acceptors (Lipinski definition) is 1. The van der Waals surface area contributed by atoms with E-state index >= 15 is 0 Å². The summed E-state index contributed by atoms with van der Waals surface area (Å²) in [6, 6.07) is 0.987. The number of nitrogens with two attached hydrogens (primary N) is 2. The molecule has 3 rings (SSSR count). The molecular formula is C21H43N4O+3. The van der Waals surface area contributed by atoms with E-state index < -0.39 is 0 Å². The smallest absolute Gasteiger partial charge is 0.282 e. The third-order valence-corrected chi connectivity index (χ3v) is 6.72. The predicted octanol–water partition coefficient (Wildman–Crippen LogP) is -0.763. The topological polar surface area (TPSA) is 58.0 Å². The van der Waals surface area contributed by atoms with E-state index in [4.69, 9.17) is 0 Å². The summed E-state index contributed by atoms with van der Waals surface area (Å²) in [6.45, 7) is 20.3. The summed E-state index contributed by atoms with van der Waals surface area (Å²) in [6.07, 6.45) is 4.60. The fourth-order valence-electron chi connectivity index (χ4n) is 6.75. The molecule has 1 unspecified atom stereocenters. The first-order valence-corrected chi connectivity index (χ1v) is 10.6. The zero-order valence-corrected chi connectivity index (χ0v) is 18.4. The minimum Gasteiger partial charge on any atom is -0.337 e. The Morgan fingerprint density at radius 3 is 1.69 bits per heavy atom. The number of piperidine rings is 2. The van der Waals surface area contributed by atoms with Crippen LogP contribution < -0.4 is 15.5 Å². The lowest BCUT2D eigenvalue weighted by Crippen LogP contribution is -3.19. The molecule has 3 heterocycles. The summed E-state index contributed by atoms with van der Waals surface area (Å²) in [4.78, 5) is 16.7. The van der Waals surface area contributed by atoms with Crippen LogP contribution in [0.1, 0.15) is 81.1 Å². The number of rotatable bonds is 2. The van der Waals surface area contributed by atoms with Gasteiger partial charge in [0.2, 0.25) is 0 Å². The molecule has 0 aromatic carbocycles. The molecule has 3 fully saturated rings. The van der Waals surface area contributed by atoms with Crippen LogP contribution in [0.5, 0.6) is 0 Å². The lowest BCUT2D eigenvalue weighted by Gasteiger charge is -2.46. The highest BCUT2D eigenvalue weighted by Crippen LogP contribution is 2.27. The van der Waals surface area contributed by atoms with E-state index in [1.165, 1.54) is 17.7 Å². The molecule has 3 aliphatic rings. The molecule has 0 saturated carbocycles. The number of hydrogen-bond donors (Lipinski definition) is 3. The van der Waals surface area contributed by atoms with Gasteiger partial charge in [-0.15, -0.1) is 0 Å². The summed E-state index contributed by atoms with van der Waals surface area (Å²) in [7, 11) is 0. The minimum absolute atomic E-state index is 0.208. The number of nitrogens with one attached hydrogen (secondary N) is 1. The molecule has 5 heteroatoms. The highest BCUT2D eigenvalue weighted by atomic mass is 16.2. The Balaban J connectivity index is 1.73. The Morgan fingerprint density at radius 2 is 1.23 bits per heavy atom. The minimum atomic E-state index is 0.208. The average molecular weight is 368 g/mol. The third-order valence-electron chi connectivity index (χ3n) is 6.72. The van der Waals surface area contributed by atoms with Gasteiger partial charge in [-0.2, -0.15) is 0 Å². The van der Waals surface area contributed by atoms with Gasteiger partial charge >= 0.3 is 0 Å². The van der Waals surface area contributed by atoms with Crippen LogP contribution in [0, 0.1) is 0 Å². The monoisotopic (exact) mass is 367 g/mol. The summed E-state index contributed by atoms with van der Waals surface area (Å²) < 4.78 is 0. The maximum Gasteiger partial charge on any atom is 0.282 e. The molecule has 0 bridgehead atoms. The molecule has 3 saturated heterocycles. The Hall–Kier alpha value is -0.650. The van der Waals surface area contributed by atoms with Crippen LogP contribution in [0.3, 0.4) is 0 Å². The number of nitrogens with zero attached hydrogens (tertiary/aromatic N) is 1. The first kappa shape index (κ1) is 20.1. The van der Waals surface area contributed by atoms with Gasteiger partial charge in [-0.3, -0.25) is 9.69 Å². The van der Waals surface area contributed by atoms with Crippen LogP contribution in [0.4, 0.5) is 0 Å². The summed E-state index contributed by atoms with van der Waals surface area (Å²) in [5, 5.41) is 5.04. The van der Waals surface area contributed by atoms with Crippen molar-refractivity contribution in [2.75, 3.05) is 13.2 Å². The molecule has 3 aliphatic heterocycles. The molecule has 1 amide bonds. The average Bonchev–Trinajstić information content (AvgIpc) is 2.73. The number of amides is 1. The third kappa shape index (κ3) is 4.42. The Morgan fingerprint density at radius 1 is 0.808 bits per heavy atom. The fourth-order valence-corrected chi connectivity index (χ4v) is 6.75. The standard InChI is InChI=1S/C21H40N4O/c1-18(2)9-15(10-19(3,4)22-18)24-13-17(26)25(14-24)16-11-20(5,6)23-21(7,8)12-16/h15-16,22-23H,9-14H2,1-8H3/p+3. The Kier molecular flexibility index (Phi) is 4.78. The van der Waals surface area contributed by atoms with Gasteiger partial charge in [0.05, 0.1) is 35.0 Å². The fraction of sp³-hybridized carbons (Fsp3) is 0.952. The molecule has 150 valence electrons. The second-order valence-electron chi connectivity index (χ2n) is 12.3. The predicted molar refractivity (Wildman–Crippen MR) is 104 cm³/mol. The van der Waals surface area contributed by atoms with Gasteiger partial charge in [-0.05, 0) is 55.4 Å². The highest BCUT2D eigenvalue weighted by molar-refractivity contribution is 5.78. The lowest BCUT2D eigenvalue weighted by molar-refractivity contribution is -0.934. The van der Waals surface area contributed by atoms with Crippen molar-refractivity contribution < 1.29 is 20.3 Å². The Bertz CT molecular complexity index is 534. The quantitative estimate of drug-likeness (QED) is 0.590. The number of carbonyl (C=O) groups is 1. The molecule has 0 aromatic heterocycles. The molecule has 5 N–H and O–H groups in total. The highest BCUT2D eigenvalue weighted by Gasteiger charge is 2.51. The van der Waals surface area contributed by atoms with Crippen LogP contribution in [0.15, 0.2) is 0 Å². The van der Waals surface area contributed by atoms with Crippen LogP contribution in [-0.4, -0.2) is 58.3 Å². The van der Waals surface area contributed by atoms with E-state index in [-0.39, 0.29) is 22.2 Å². The van der Waals surface area contributed by atoms with E-state index in [1.807, 2.05) is 0 Å². The zero-order chi connectivity index (χ0) is 19.5. The first-order valence-electron chi connectivity index (χ1n) is 10.6. The molecular weight excluding hydrogens is 324 g/mol. The van der Waals surface area contributed by atoms with E-state index in [0.717, 1.165) is 19.5 Å². The number of quaternary nitrogens is 3. The second kappa shape index (κ2) is 6.18. The summed E-state index contributed by atoms with van der Waals surface area (Å²) in [5.41, 5.74) is 0.942. The van der Waals surface area contributed by atoms with E-state index in [1.54, 1.807) is 0 Å². The molecule has 0 aliphatic carbocycles. The van der Waals surface area contributed by atoms with Crippen LogP contribution in [0.2, 0.25) is 0 Å². The van der Waals surface area contributed by atoms with Crippen LogP contribution in [0.25, 0.3) is 0 Å². The van der Waals surface area contributed by atoms with Crippen molar-refractivity contribution in [3.8, 4) is 0 Å². The molecule has 5 nitrogen and oxygen atoms in total. The van der Waals surface area contributed by atoms with Crippen LogP contribution in [-0.2, 0) is 4.79 Å². The van der Waals surface area contributed by atoms with Crippen molar-refractivity contribution in [3.63, 3.8) is 0 Å². The van der Waals surface area contributed by atoms with Crippen molar-refractivity contribution in [3.05, 3.63) is 0 Å². The van der Waals surface area contributed by atoms with Crippen molar-refractivity contribution in [2.24, 2.45) is 0 Å². The molecule has 0 aromatic rings. The van der Waals surface area contributed by atoms with Gasteiger partial charge in [0, 0.05) is 18.9 Å². The van der Waals surface area contributed by atoms with Crippen molar-refractivity contribution in [1.82, 2.24) is 4.90 Å². The maximum absolute atomic E-state index is 13.0. The van der Waals surface area contributed by atoms with Crippen molar-refractivity contribution in [1.29, 1.82) is 0 Å². The van der Waals surface area contributed by atoms with Gasteiger partial charge in [-0.1, -0.05) is 0 Å².